The van der Waals surface area contributed by atoms with Crippen molar-refractivity contribution in [2.45, 2.75) is 6.54 Å². The van der Waals surface area contributed by atoms with Gasteiger partial charge in [-0.05, 0) is 17.2 Å². The molecular formula is C14H16N2O. The van der Waals surface area contributed by atoms with E-state index < -0.39 is 0 Å². The number of ether oxygens (including phenoxy) is 1. The molecule has 0 saturated carbocycles. The van der Waals surface area contributed by atoms with Crippen LogP contribution in [0.2, 0.25) is 0 Å². The first-order chi connectivity index (χ1) is 8.35. The van der Waals surface area contributed by atoms with Crippen LogP contribution in [0.5, 0.6) is 5.75 Å². The lowest BCUT2D eigenvalue weighted by molar-refractivity contribution is 0.416. The number of rotatable bonds is 4. The fourth-order valence-corrected chi connectivity index (χ4v) is 1.80. The summed E-state index contributed by atoms with van der Waals surface area (Å²) in [7, 11) is 1.69. The zero-order valence-corrected chi connectivity index (χ0v) is 9.81. The molecule has 0 aliphatic carbocycles. The van der Waals surface area contributed by atoms with Crippen molar-refractivity contribution in [3.63, 3.8) is 0 Å². The molecule has 17 heavy (non-hydrogen) atoms. The van der Waals surface area contributed by atoms with E-state index in [-0.39, 0.29) is 0 Å². The van der Waals surface area contributed by atoms with Gasteiger partial charge in [0.25, 0.3) is 0 Å². The quantitative estimate of drug-likeness (QED) is 0.623. The highest BCUT2D eigenvalue weighted by Crippen LogP contribution is 2.29. The van der Waals surface area contributed by atoms with Gasteiger partial charge in [-0.3, -0.25) is 11.3 Å². The van der Waals surface area contributed by atoms with Gasteiger partial charge in [0.2, 0.25) is 0 Å². The fraction of sp³-hybridized carbons (Fsp3) is 0.143. The summed E-state index contributed by atoms with van der Waals surface area (Å²) in [6.07, 6.45) is 0. The van der Waals surface area contributed by atoms with Crippen LogP contribution in [0.3, 0.4) is 0 Å². The molecular weight excluding hydrogens is 212 g/mol. The Morgan fingerprint density at radius 2 is 1.76 bits per heavy atom. The number of benzene rings is 2. The summed E-state index contributed by atoms with van der Waals surface area (Å²) in [5.74, 6) is 6.17. The Morgan fingerprint density at radius 3 is 2.41 bits per heavy atom. The molecule has 0 heterocycles. The van der Waals surface area contributed by atoms with Gasteiger partial charge in [0.15, 0.2) is 0 Å². The molecule has 0 radical (unpaired) electrons. The van der Waals surface area contributed by atoms with Gasteiger partial charge in [-0.1, -0.05) is 42.5 Å². The third-order valence-corrected chi connectivity index (χ3v) is 2.68. The third-order valence-electron chi connectivity index (χ3n) is 2.68. The second kappa shape index (κ2) is 5.48. The minimum Gasteiger partial charge on any atom is -0.496 e. The van der Waals surface area contributed by atoms with E-state index in [0.717, 1.165) is 22.4 Å². The summed E-state index contributed by atoms with van der Waals surface area (Å²) in [6, 6.07) is 16.3. The monoisotopic (exact) mass is 228 g/mol. The maximum Gasteiger partial charge on any atom is 0.126 e. The summed E-state index contributed by atoms with van der Waals surface area (Å²) >= 11 is 0. The van der Waals surface area contributed by atoms with Gasteiger partial charge < -0.3 is 4.74 Å². The molecule has 0 aliphatic heterocycles. The van der Waals surface area contributed by atoms with E-state index in [2.05, 4.69) is 35.8 Å². The van der Waals surface area contributed by atoms with Crippen molar-refractivity contribution in [3.05, 3.63) is 54.1 Å². The van der Waals surface area contributed by atoms with E-state index >= 15 is 0 Å². The van der Waals surface area contributed by atoms with Crippen LogP contribution in [0.1, 0.15) is 5.56 Å². The number of hydrogen-bond acceptors (Lipinski definition) is 3. The molecule has 0 aromatic heterocycles. The van der Waals surface area contributed by atoms with Gasteiger partial charge in [-0.2, -0.15) is 0 Å². The Morgan fingerprint density at radius 1 is 1.06 bits per heavy atom. The highest BCUT2D eigenvalue weighted by molar-refractivity contribution is 5.70. The number of hydrazine groups is 1. The van der Waals surface area contributed by atoms with Crippen LogP contribution in [0.4, 0.5) is 0 Å². The highest BCUT2D eigenvalue weighted by atomic mass is 16.5. The number of nitrogens with two attached hydrogens (primary N) is 1. The lowest BCUT2D eigenvalue weighted by Gasteiger charge is -2.09. The van der Waals surface area contributed by atoms with Crippen molar-refractivity contribution < 1.29 is 4.74 Å². The van der Waals surface area contributed by atoms with Crippen molar-refractivity contribution in [2.24, 2.45) is 5.84 Å². The molecule has 88 valence electrons. The zero-order chi connectivity index (χ0) is 12.1. The molecule has 2 aromatic rings. The molecule has 0 bridgehead atoms. The standard InChI is InChI=1S/C14H16N2O/c1-17-14-5-3-2-4-13(14)12-8-6-11(7-9-12)10-16-15/h2-9,16H,10,15H2,1H3. The van der Waals surface area contributed by atoms with Gasteiger partial charge in [0, 0.05) is 12.1 Å². The Labute approximate surface area is 101 Å². The molecule has 2 rings (SSSR count). The second-order valence-corrected chi connectivity index (χ2v) is 3.78. The smallest absolute Gasteiger partial charge is 0.126 e. The van der Waals surface area contributed by atoms with Crippen LogP contribution in [-0.4, -0.2) is 7.11 Å². The van der Waals surface area contributed by atoms with Gasteiger partial charge in [0.05, 0.1) is 7.11 Å². The SMILES string of the molecule is COc1ccccc1-c1ccc(CNN)cc1. The molecule has 0 atom stereocenters. The molecule has 0 saturated heterocycles. The van der Waals surface area contributed by atoms with Crippen molar-refractivity contribution in [2.75, 3.05) is 7.11 Å². The first-order valence-electron chi connectivity index (χ1n) is 5.51. The normalized spacial score (nSPS) is 10.2. The zero-order valence-electron chi connectivity index (χ0n) is 9.81. The number of nitrogens with one attached hydrogen (secondary N) is 1. The lowest BCUT2D eigenvalue weighted by Crippen LogP contribution is -2.20. The minimum absolute atomic E-state index is 0.673. The maximum absolute atomic E-state index is 5.35. The van der Waals surface area contributed by atoms with Crippen LogP contribution in [-0.2, 0) is 6.54 Å². The van der Waals surface area contributed by atoms with Crippen LogP contribution in [0, 0.1) is 0 Å². The topological polar surface area (TPSA) is 47.3 Å². The van der Waals surface area contributed by atoms with Gasteiger partial charge in [-0.15, -0.1) is 0 Å². The fourth-order valence-electron chi connectivity index (χ4n) is 1.80. The summed E-state index contributed by atoms with van der Waals surface area (Å²) < 4.78 is 5.35. The van der Waals surface area contributed by atoms with E-state index in [9.17, 15) is 0 Å². The maximum atomic E-state index is 5.35. The summed E-state index contributed by atoms with van der Waals surface area (Å²) in [4.78, 5) is 0. The molecule has 2 aromatic carbocycles. The van der Waals surface area contributed by atoms with E-state index in [1.54, 1.807) is 7.11 Å². The average molecular weight is 228 g/mol. The predicted octanol–water partition coefficient (Wildman–Crippen LogP) is 2.33. The van der Waals surface area contributed by atoms with Crippen LogP contribution in [0.15, 0.2) is 48.5 Å². The average Bonchev–Trinajstić information content (AvgIpc) is 2.40. The Balaban J connectivity index is 2.33. The Hall–Kier alpha value is -1.84. The van der Waals surface area contributed by atoms with E-state index in [1.165, 1.54) is 0 Å². The van der Waals surface area contributed by atoms with Crippen LogP contribution in [0.25, 0.3) is 11.1 Å². The second-order valence-electron chi connectivity index (χ2n) is 3.78. The third kappa shape index (κ3) is 2.64. The van der Waals surface area contributed by atoms with Gasteiger partial charge in [0.1, 0.15) is 5.75 Å². The van der Waals surface area contributed by atoms with Crippen molar-refractivity contribution in [1.29, 1.82) is 0 Å². The molecule has 3 heteroatoms. The van der Waals surface area contributed by atoms with Gasteiger partial charge >= 0.3 is 0 Å². The Bertz CT molecular complexity index is 480. The largest absolute Gasteiger partial charge is 0.496 e. The Kier molecular flexibility index (Phi) is 3.75. The summed E-state index contributed by atoms with van der Waals surface area (Å²) in [5.41, 5.74) is 6.04. The van der Waals surface area contributed by atoms with E-state index in [0.29, 0.717) is 6.54 Å². The molecule has 3 nitrogen and oxygen atoms in total. The van der Waals surface area contributed by atoms with Crippen LogP contribution < -0.4 is 16.0 Å². The summed E-state index contributed by atoms with van der Waals surface area (Å²) in [6.45, 7) is 0.673. The van der Waals surface area contributed by atoms with Crippen molar-refractivity contribution in [3.8, 4) is 16.9 Å². The van der Waals surface area contributed by atoms with Gasteiger partial charge in [-0.25, -0.2) is 0 Å². The first kappa shape index (κ1) is 11.6. The molecule has 0 unspecified atom stereocenters. The minimum atomic E-state index is 0.673. The first-order valence-corrected chi connectivity index (χ1v) is 5.51. The number of hydrogen-bond donors (Lipinski definition) is 2. The number of para-hydroxylation sites is 1. The van der Waals surface area contributed by atoms with Crippen LogP contribution >= 0.6 is 0 Å². The molecule has 3 N–H and O–H groups in total. The predicted molar refractivity (Wildman–Crippen MR) is 69.5 cm³/mol. The molecule has 0 aliphatic rings. The molecule has 0 amide bonds. The lowest BCUT2D eigenvalue weighted by atomic mass is 10.0. The molecule has 0 spiro atoms. The van der Waals surface area contributed by atoms with Crippen molar-refractivity contribution in [1.82, 2.24) is 5.43 Å². The van der Waals surface area contributed by atoms with E-state index in [4.69, 9.17) is 10.6 Å². The molecule has 0 fully saturated rings. The van der Waals surface area contributed by atoms with Crippen molar-refractivity contribution >= 4 is 0 Å². The summed E-state index contributed by atoms with van der Waals surface area (Å²) in [5, 5.41) is 0. The number of methoxy groups -OCH3 is 1. The highest BCUT2D eigenvalue weighted by Gasteiger charge is 2.04. The van der Waals surface area contributed by atoms with E-state index in [1.807, 2.05) is 18.2 Å².